The minimum absolute atomic E-state index is 0.00301. The third-order valence-electron chi connectivity index (χ3n) is 11.5. The summed E-state index contributed by atoms with van der Waals surface area (Å²) >= 11 is 0. The molecule has 0 bridgehead atoms. The highest BCUT2D eigenvalue weighted by atomic mass is 16.8. The van der Waals surface area contributed by atoms with E-state index in [0.29, 0.717) is 0 Å². The summed E-state index contributed by atoms with van der Waals surface area (Å²) in [6.07, 6.45) is -11.8. The van der Waals surface area contributed by atoms with Gasteiger partial charge in [0.2, 0.25) is 0 Å². The van der Waals surface area contributed by atoms with Gasteiger partial charge in [-0.1, -0.05) is 152 Å². The average molecular weight is 933 g/mol. The third kappa shape index (κ3) is 14.4. The van der Waals surface area contributed by atoms with Crippen LogP contribution in [0.5, 0.6) is 0 Å². The fraction of sp³-hybridized carbons (Fsp3) is 0.389. The molecule has 0 aromatic heterocycles. The standard InChI is InChI=1S/C54H60O14/c1-37(55)29-30-44(56)66-48-47(62-33-40-23-13-6-14-24-40)51(64-35-42-27-17-8-18-28-42)54(68-49(48)52(57)58-2)67-45-43(36-60-31-38-19-9-4-10-20-38)65-53(59-3)50(63-34-41-25-15-7-16-26-41)46(45)61-32-39-21-11-5-12-22-39/h4-28,43,45-51,53-54H,29-36H2,1-3H3/t43-,45-,46+,47+,48+,49-,50-,51+,53+,54-/m1/s1. The van der Waals surface area contributed by atoms with E-state index in [1.54, 1.807) is 0 Å². The number of carbonyl (C=O) groups is 3. The number of rotatable bonds is 24. The van der Waals surface area contributed by atoms with E-state index in [-0.39, 0.29) is 58.3 Å². The molecule has 0 spiro atoms. The molecule has 2 heterocycles. The summed E-state index contributed by atoms with van der Waals surface area (Å²) < 4.78 is 71.3. The molecule has 2 saturated heterocycles. The molecule has 5 aromatic carbocycles. The maximum atomic E-state index is 13.9. The minimum atomic E-state index is -1.58. The van der Waals surface area contributed by atoms with Gasteiger partial charge in [0.15, 0.2) is 24.8 Å². The van der Waals surface area contributed by atoms with Crippen LogP contribution in [0.25, 0.3) is 0 Å². The molecule has 14 heteroatoms. The van der Waals surface area contributed by atoms with Crippen molar-refractivity contribution in [2.24, 2.45) is 0 Å². The predicted molar refractivity (Wildman–Crippen MR) is 247 cm³/mol. The summed E-state index contributed by atoms with van der Waals surface area (Å²) in [6.45, 7) is 2.04. The molecular formula is C54H60O14. The second-order valence-corrected chi connectivity index (χ2v) is 16.5. The zero-order chi connectivity index (χ0) is 47.5. The van der Waals surface area contributed by atoms with E-state index in [4.69, 9.17) is 52.1 Å². The van der Waals surface area contributed by atoms with Gasteiger partial charge in [0.25, 0.3) is 0 Å². The molecule has 2 aliphatic heterocycles. The van der Waals surface area contributed by atoms with Crippen LogP contribution in [0.1, 0.15) is 47.6 Å². The predicted octanol–water partition coefficient (Wildman–Crippen LogP) is 7.48. The van der Waals surface area contributed by atoms with Gasteiger partial charge in [-0.05, 0) is 34.7 Å². The normalized spacial score (nSPS) is 24.8. The third-order valence-corrected chi connectivity index (χ3v) is 11.5. The van der Waals surface area contributed by atoms with Gasteiger partial charge in [-0.25, -0.2) is 4.79 Å². The molecule has 0 amide bonds. The van der Waals surface area contributed by atoms with Gasteiger partial charge in [-0.15, -0.1) is 0 Å². The van der Waals surface area contributed by atoms with E-state index in [2.05, 4.69) is 0 Å². The number of Topliss-reactive ketones (excluding diaryl/α,β-unsaturated/α-hetero) is 1. The number of hydrogen-bond donors (Lipinski definition) is 0. The van der Waals surface area contributed by atoms with Crippen molar-refractivity contribution in [3.63, 3.8) is 0 Å². The maximum Gasteiger partial charge on any atom is 0.339 e. The SMILES string of the molecule is COC(=O)[C@@H]1O[C@@H](O[C@H]2[C@H](OCc3ccccc3)[C@@H](OCc3ccccc3)[C@@H](OC)O[C@@H]2COCc2ccccc2)[C@@H](OCc2ccccc2)[C@@H](OCc2ccccc2)[C@@H]1OC(=O)CCC(C)=O. The Bertz CT molecular complexity index is 2250. The van der Waals surface area contributed by atoms with Gasteiger partial charge < -0.3 is 56.9 Å². The number of ketones is 1. The molecule has 0 saturated carbocycles. The number of esters is 2. The van der Waals surface area contributed by atoms with E-state index in [9.17, 15) is 14.4 Å². The van der Waals surface area contributed by atoms with Crippen molar-refractivity contribution in [2.45, 2.75) is 114 Å². The monoisotopic (exact) mass is 932 g/mol. The molecule has 2 aliphatic rings. The van der Waals surface area contributed by atoms with Gasteiger partial charge >= 0.3 is 11.9 Å². The van der Waals surface area contributed by atoms with E-state index in [0.717, 1.165) is 27.8 Å². The second-order valence-electron chi connectivity index (χ2n) is 16.5. The number of carbonyl (C=O) groups excluding carboxylic acids is 3. The first-order chi connectivity index (χ1) is 33.3. The maximum absolute atomic E-state index is 13.9. The van der Waals surface area contributed by atoms with Crippen molar-refractivity contribution in [1.29, 1.82) is 0 Å². The summed E-state index contributed by atoms with van der Waals surface area (Å²) in [5.74, 6) is -1.81. The molecule has 360 valence electrons. The summed E-state index contributed by atoms with van der Waals surface area (Å²) in [7, 11) is 2.74. The van der Waals surface area contributed by atoms with Crippen molar-refractivity contribution >= 4 is 17.7 Å². The Hall–Kier alpha value is -5.65. The highest BCUT2D eigenvalue weighted by molar-refractivity contribution is 5.81. The number of ether oxygens (including phenoxy) is 11. The van der Waals surface area contributed by atoms with Gasteiger partial charge in [0.1, 0.15) is 42.4 Å². The largest absolute Gasteiger partial charge is 0.467 e. The van der Waals surface area contributed by atoms with Crippen LogP contribution in [-0.2, 0) is 99.5 Å². The molecule has 10 atom stereocenters. The highest BCUT2D eigenvalue weighted by Crippen LogP contribution is 2.37. The Labute approximate surface area is 397 Å². The van der Waals surface area contributed by atoms with E-state index >= 15 is 0 Å². The second kappa shape index (κ2) is 26.2. The quantitative estimate of drug-likeness (QED) is 0.0562. The Kier molecular flexibility index (Phi) is 19.4. The summed E-state index contributed by atoms with van der Waals surface area (Å²) in [5, 5.41) is 0. The van der Waals surface area contributed by atoms with Crippen LogP contribution in [-0.4, -0.2) is 100.0 Å². The molecule has 0 radical (unpaired) electrons. The highest BCUT2D eigenvalue weighted by Gasteiger charge is 2.57. The van der Waals surface area contributed by atoms with Gasteiger partial charge in [-0.2, -0.15) is 0 Å². The molecule has 14 nitrogen and oxygen atoms in total. The van der Waals surface area contributed by atoms with Crippen LogP contribution in [0.4, 0.5) is 0 Å². The topological polar surface area (TPSA) is 153 Å². The number of benzene rings is 5. The molecule has 2 fully saturated rings. The molecule has 0 N–H and O–H groups in total. The Balaban J connectivity index is 1.30. The van der Waals surface area contributed by atoms with Crippen LogP contribution in [0, 0.1) is 0 Å². The molecule has 68 heavy (non-hydrogen) atoms. The van der Waals surface area contributed by atoms with Crippen molar-refractivity contribution in [2.75, 3.05) is 20.8 Å². The summed E-state index contributed by atoms with van der Waals surface area (Å²) in [4.78, 5) is 39.4. The first-order valence-electron chi connectivity index (χ1n) is 22.8. The van der Waals surface area contributed by atoms with Crippen molar-refractivity contribution in [3.8, 4) is 0 Å². The van der Waals surface area contributed by atoms with E-state index in [1.165, 1.54) is 21.1 Å². The molecule has 7 rings (SSSR count). The lowest BCUT2D eigenvalue weighted by atomic mass is 9.95. The van der Waals surface area contributed by atoms with Crippen LogP contribution < -0.4 is 0 Å². The molecule has 0 aliphatic carbocycles. The van der Waals surface area contributed by atoms with Gasteiger partial charge in [0.05, 0.1) is 53.2 Å². The van der Waals surface area contributed by atoms with Crippen LogP contribution in [0.15, 0.2) is 152 Å². The van der Waals surface area contributed by atoms with Crippen molar-refractivity contribution < 1.29 is 66.5 Å². The number of methoxy groups -OCH3 is 2. The van der Waals surface area contributed by atoms with Crippen LogP contribution in [0.3, 0.4) is 0 Å². The first kappa shape index (κ1) is 50.2. The van der Waals surface area contributed by atoms with E-state index < -0.39 is 73.4 Å². The minimum Gasteiger partial charge on any atom is -0.467 e. The first-order valence-corrected chi connectivity index (χ1v) is 22.8. The lowest BCUT2D eigenvalue weighted by Crippen LogP contribution is -2.67. The summed E-state index contributed by atoms with van der Waals surface area (Å²) in [5.41, 5.74) is 4.34. The Morgan fingerprint density at radius 1 is 0.471 bits per heavy atom. The Morgan fingerprint density at radius 3 is 1.31 bits per heavy atom. The molecule has 5 aromatic rings. The van der Waals surface area contributed by atoms with Gasteiger partial charge in [0, 0.05) is 13.5 Å². The van der Waals surface area contributed by atoms with Crippen LogP contribution >= 0.6 is 0 Å². The zero-order valence-electron chi connectivity index (χ0n) is 38.6. The average Bonchev–Trinajstić information content (AvgIpc) is 3.38. The zero-order valence-corrected chi connectivity index (χ0v) is 38.6. The van der Waals surface area contributed by atoms with Crippen LogP contribution in [0.2, 0.25) is 0 Å². The number of hydrogen-bond acceptors (Lipinski definition) is 14. The summed E-state index contributed by atoms with van der Waals surface area (Å²) in [6, 6.07) is 48.0. The molecular weight excluding hydrogens is 873 g/mol. The Morgan fingerprint density at radius 2 is 0.882 bits per heavy atom. The lowest BCUT2D eigenvalue weighted by molar-refractivity contribution is -0.370. The lowest BCUT2D eigenvalue weighted by Gasteiger charge is -2.49. The van der Waals surface area contributed by atoms with Crippen molar-refractivity contribution in [3.05, 3.63) is 179 Å². The van der Waals surface area contributed by atoms with Crippen molar-refractivity contribution in [1.82, 2.24) is 0 Å². The smallest absolute Gasteiger partial charge is 0.339 e. The molecule has 0 unspecified atom stereocenters. The fourth-order valence-electron chi connectivity index (χ4n) is 8.03. The van der Waals surface area contributed by atoms with E-state index in [1.807, 2.05) is 152 Å². The fourth-order valence-corrected chi connectivity index (χ4v) is 8.03. The van der Waals surface area contributed by atoms with Gasteiger partial charge in [-0.3, -0.25) is 4.79 Å².